The third-order valence-corrected chi connectivity index (χ3v) is 3.83. The quantitative estimate of drug-likeness (QED) is 0.894. The van der Waals surface area contributed by atoms with Crippen molar-refractivity contribution in [3.63, 3.8) is 0 Å². The molecular formula is C18H23NO. The molecule has 1 atom stereocenters. The number of rotatable bonds is 5. The van der Waals surface area contributed by atoms with Crippen LogP contribution in [0.4, 0.5) is 0 Å². The molecule has 0 fully saturated rings. The van der Waals surface area contributed by atoms with Gasteiger partial charge in [0.15, 0.2) is 0 Å². The van der Waals surface area contributed by atoms with Crippen LogP contribution in [0.2, 0.25) is 0 Å². The van der Waals surface area contributed by atoms with Crippen LogP contribution in [0.1, 0.15) is 42.1 Å². The van der Waals surface area contributed by atoms with E-state index in [1.54, 1.807) is 7.11 Å². The molecule has 106 valence electrons. The predicted octanol–water partition coefficient (Wildman–Crippen LogP) is 3.87. The fourth-order valence-corrected chi connectivity index (χ4v) is 2.52. The normalized spacial score (nSPS) is 12.2. The maximum atomic E-state index is 6.38. The summed E-state index contributed by atoms with van der Waals surface area (Å²) in [5, 5.41) is 0. The third kappa shape index (κ3) is 3.02. The predicted molar refractivity (Wildman–Crippen MR) is 84.2 cm³/mol. The maximum Gasteiger partial charge on any atom is 0.118 e. The molecule has 2 nitrogen and oxygen atoms in total. The Kier molecular flexibility index (Phi) is 4.80. The second kappa shape index (κ2) is 6.58. The molecule has 2 aromatic carbocycles. The van der Waals surface area contributed by atoms with Gasteiger partial charge in [0.1, 0.15) is 5.75 Å². The molecule has 0 amide bonds. The van der Waals surface area contributed by atoms with Gasteiger partial charge in [-0.3, -0.25) is 0 Å². The zero-order valence-corrected chi connectivity index (χ0v) is 12.5. The number of methoxy groups -OCH3 is 1. The molecule has 0 heterocycles. The Morgan fingerprint density at radius 1 is 0.900 bits per heavy atom. The number of ether oxygens (including phenoxy) is 1. The summed E-state index contributed by atoms with van der Waals surface area (Å²) in [4.78, 5) is 0. The molecular weight excluding hydrogens is 246 g/mol. The van der Waals surface area contributed by atoms with E-state index in [-0.39, 0.29) is 6.04 Å². The number of benzene rings is 2. The van der Waals surface area contributed by atoms with E-state index >= 15 is 0 Å². The van der Waals surface area contributed by atoms with Gasteiger partial charge in [-0.15, -0.1) is 0 Å². The van der Waals surface area contributed by atoms with E-state index in [1.807, 2.05) is 24.3 Å². The Hall–Kier alpha value is -1.80. The lowest BCUT2D eigenvalue weighted by molar-refractivity contribution is 0.414. The van der Waals surface area contributed by atoms with E-state index in [2.05, 4.69) is 32.0 Å². The van der Waals surface area contributed by atoms with Crippen LogP contribution in [0.3, 0.4) is 0 Å². The highest BCUT2D eigenvalue weighted by atomic mass is 16.5. The molecule has 0 radical (unpaired) electrons. The Labute approximate surface area is 121 Å². The van der Waals surface area contributed by atoms with E-state index < -0.39 is 0 Å². The first-order valence-corrected chi connectivity index (χ1v) is 7.20. The second-order valence-electron chi connectivity index (χ2n) is 4.99. The van der Waals surface area contributed by atoms with Crippen LogP contribution in [0.5, 0.6) is 5.75 Å². The summed E-state index contributed by atoms with van der Waals surface area (Å²) in [5.41, 5.74) is 11.5. The summed E-state index contributed by atoms with van der Waals surface area (Å²) in [6, 6.07) is 14.5. The summed E-state index contributed by atoms with van der Waals surface area (Å²) in [7, 11) is 1.67. The van der Waals surface area contributed by atoms with Crippen molar-refractivity contribution >= 4 is 0 Å². The summed E-state index contributed by atoms with van der Waals surface area (Å²) in [6.45, 7) is 4.38. The van der Waals surface area contributed by atoms with Crippen molar-refractivity contribution in [1.82, 2.24) is 0 Å². The number of hydrogen-bond donors (Lipinski definition) is 1. The average molecular weight is 269 g/mol. The lowest BCUT2D eigenvalue weighted by Crippen LogP contribution is -2.12. The molecule has 2 N–H and O–H groups in total. The van der Waals surface area contributed by atoms with Crippen molar-refractivity contribution in [1.29, 1.82) is 0 Å². The lowest BCUT2D eigenvalue weighted by Gasteiger charge is -2.16. The molecule has 1 unspecified atom stereocenters. The van der Waals surface area contributed by atoms with E-state index in [4.69, 9.17) is 10.5 Å². The van der Waals surface area contributed by atoms with Crippen LogP contribution >= 0.6 is 0 Å². The van der Waals surface area contributed by atoms with Crippen molar-refractivity contribution < 1.29 is 4.74 Å². The molecule has 0 saturated carbocycles. The minimum Gasteiger partial charge on any atom is -0.497 e. The van der Waals surface area contributed by atoms with Gasteiger partial charge in [-0.1, -0.05) is 44.2 Å². The summed E-state index contributed by atoms with van der Waals surface area (Å²) < 4.78 is 5.18. The zero-order valence-electron chi connectivity index (χ0n) is 12.5. The molecule has 0 saturated heterocycles. The maximum absolute atomic E-state index is 6.38. The molecule has 0 aliphatic heterocycles. The van der Waals surface area contributed by atoms with Gasteiger partial charge in [0, 0.05) is 0 Å². The fourth-order valence-electron chi connectivity index (χ4n) is 2.52. The SMILES string of the molecule is CCc1ccc(C(N)c2ccc(OC)cc2)cc1CC. The van der Waals surface area contributed by atoms with Crippen LogP contribution in [-0.4, -0.2) is 7.11 Å². The van der Waals surface area contributed by atoms with Crippen LogP contribution < -0.4 is 10.5 Å². The number of nitrogens with two attached hydrogens (primary N) is 1. The average Bonchev–Trinajstić information content (AvgIpc) is 2.53. The minimum absolute atomic E-state index is 0.0860. The topological polar surface area (TPSA) is 35.2 Å². The first-order chi connectivity index (χ1) is 9.69. The van der Waals surface area contributed by atoms with Gasteiger partial charge in [-0.2, -0.15) is 0 Å². The van der Waals surface area contributed by atoms with Gasteiger partial charge in [-0.25, -0.2) is 0 Å². The summed E-state index contributed by atoms with van der Waals surface area (Å²) in [6.07, 6.45) is 2.12. The van der Waals surface area contributed by atoms with E-state index in [1.165, 1.54) is 16.7 Å². The molecule has 20 heavy (non-hydrogen) atoms. The Morgan fingerprint density at radius 2 is 1.50 bits per heavy atom. The van der Waals surface area contributed by atoms with Crippen molar-refractivity contribution in [2.75, 3.05) is 7.11 Å². The summed E-state index contributed by atoms with van der Waals surface area (Å²) in [5.74, 6) is 0.858. The van der Waals surface area contributed by atoms with Crippen LogP contribution in [0.15, 0.2) is 42.5 Å². The van der Waals surface area contributed by atoms with Crippen LogP contribution in [0.25, 0.3) is 0 Å². The van der Waals surface area contributed by atoms with Crippen molar-refractivity contribution in [3.8, 4) is 5.75 Å². The monoisotopic (exact) mass is 269 g/mol. The molecule has 2 rings (SSSR count). The van der Waals surface area contributed by atoms with Crippen molar-refractivity contribution in [2.45, 2.75) is 32.7 Å². The molecule has 2 aromatic rings. The number of hydrogen-bond acceptors (Lipinski definition) is 2. The van der Waals surface area contributed by atoms with E-state index in [0.29, 0.717) is 0 Å². The van der Waals surface area contributed by atoms with E-state index in [0.717, 1.165) is 24.2 Å². The summed E-state index contributed by atoms with van der Waals surface area (Å²) >= 11 is 0. The molecule has 0 aliphatic carbocycles. The fraction of sp³-hybridized carbons (Fsp3) is 0.333. The lowest BCUT2D eigenvalue weighted by atomic mass is 9.94. The van der Waals surface area contributed by atoms with Gasteiger partial charge < -0.3 is 10.5 Å². The van der Waals surface area contributed by atoms with Gasteiger partial charge in [0.05, 0.1) is 13.2 Å². The first-order valence-electron chi connectivity index (χ1n) is 7.20. The van der Waals surface area contributed by atoms with Gasteiger partial charge in [0.2, 0.25) is 0 Å². The Bertz CT molecular complexity index is 560. The Balaban J connectivity index is 2.29. The highest BCUT2D eigenvalue weighted by Crippen LogP contribution is 2.24. The highest BCUT2D eigenvalue weighted by molar-refractivity contribution is 5.39. The minimum atomic E-state index is -0.0860. The standard InChI is InChI=1S/C18H23NO/c1-4-13-6-7-16(12-14(13)5-2)18(19)15-8-10-17(20-3)11-9-15/h6-12,18H,4-5,19H2,1-3H3. The zero-order chi connectivity index (χ0) is 14.5. The smallest absolute Gasteiger partial charge is 0.118 e. The molecule has 0 aliphatic rings. The van der Waals surface area contributed by atoms with Gasteiger partial charge in [-0.05, 0) is 47.2 Å². The van der Waals surface area contributed by atoms with Gasteiger partial charge in [0.25, 0.3) is 0 Å². The third-order valence-electron chi connectivity index (χ3n) is 3.83. The molecule has 0 bridgehead atoms. The first kappa shape index (κ1) is 14.6. The largest absolute Gasteiger partial charge is 0.497 e. The van der Waals surface area contributed by atoms with Crippen molar-refractivity contribution in [2.24, 2.45) is 5.73 Å². The van der Waals surface area contributed by atoms with Crippen molar-refractivity contribution in [3.05, 3.63) is 64.7 Å². The van der Waals surface area contributed by atoms with E-state index in [9.17, 15) is 0 Å². The van der Waals surface area contributed by atoms with Gasteiger partial charge >= 0.3 is 0 Å². The number of aryl methyl sites for hydroxylation is 2. The molecule has 2 heteroatoms. The molecule has 0 aromatic heterocycles. The van der Waals surface area contributed by atoms with Crippen LogP contribution in [-0.2, 0) is 12.8 Å². The Morgan fingerprint density at radius 3 is 2.05 bits per heavy atom. The second-order valence-corrected chi connectivity index (χ2v) is 4.99. The van der Waals surface area contributed by atoms with Crippen LogP contribution in [0, 0.1) is 0 Å². The highest BCUT2D eigenvalue weighted by Gasteiger charge is 2.11. The molecule has 0 spiro atoms.